The average Bonchev–Trinajstić information content (AvgIpc) is 2.55. The Morgan fingerprint density at radius 1 is 1.06 bits per heavy atom. The molecule has 2 nitrogen and oxygen atoms in total. The summed E-state index contributed by atoms with van der Waals surface area (Å²) < 4.78 is 0. The molecule has 2 heteroatoms. The van der Waals surface area contributed by atoms with Crippen LogP contribution in [-0.4, -0.2) is 36.6 Å². The number of likely N-dealkylation sites (N-methyl/N-ethyl adjacent to an activating group) is 1. The summed E-state index contributed by atoms with van der Waals surface area (Å²) in [5.41, 5.74) is 0. The van der Waals surface area contributed by atoms with Crippen molar-refractivity contribution in [3.63, 3.8) is 0 Å². The SMILES string of the molecule is CCNC1CCCCCC1N1CCCC(C)C1. The van der Waals surface area contributed by atoms with Crippen LogP contribution in [0.3, 0.4) is 0 Å². The Balaban J connectivity index is 1.97. The van der Waals surface area contributed by atoms with Crippen molar-refractivity contribution >= 4 is 0 Å². The zero-order chi connectivity index (χ0) is 12.1. The summed E-state index contributed by atoms with van der Waals surface area (Å²) in [5, 5.41) is 3.75. The fraction of sp³-hybridized carbons (Fsp3) is 1.00. The van der Waals surface area contributed by atoms with Gasteiger partial charge in [-0.3, -0.25) is 4.90 Å². The predicted molar refractivity (Wildman–Crippen MR) is 74.3 cm³/mol. The fourth-order valence-corrected chi connectivity index (χ4v) is 3.75. The quantitative estimate of drug-likeness (QED) is 0.760. The summed E-state index contributed by atoms with van der Waals surface area (Å²) in [4.78, 5) is 2.80. The van der Waals surface area contributed by atoms with E-state index in [-0.39, 0.29) is 0 Å². The number of hydrogen-bond acceptors (Lipinski definition) is 2. The van der Waals surface area contributed by atoms with Gasteiger partial charge in [-0.15, -0.1) is 0 Å². The number of piperidine rings is 1. The van der Waals surface area contributed by atoms with Gasteiger partial charge in [-0.2, -0.15) is 0 Å². The Kier molecular flexibility index (Phi) is 5.30. The molecule has 1 saturated carbocycles. The molecule has 0 radical (unpaired) electrons. The second-order valence-electron chi connectivity index (χ2n) is 6.11. The van der Waals surface area contributed by atoms with Gasteiger partial charge in [-0.1, -0.05) is 33.1 Å². The van der Waals surface area contributed by atoms with Gasteiger partial charge in [0.2, 0.25) is 0 Å². The summed E-state index contributed by atoms with van der Waals surface area (Å²) >= 11 is 0. The Hall–Kier alpha value is -0.0800. The smallest absolute Gasteiger partial charge is 0.0249 e. The Morgan fingerprint density at radius 3 is 2.65 bits per heavy atom. The highest BCUT2D eigenvalue weighted by Gasteiger charge is 2.30. The first kappa shape index (κ1) is 13.4. The molecule has 0 bridgehead atoms. The molecular formula is C15H30N2. The molecular weight excluding hydrogens is 208 g/mol. The van der Waals surface area contributed by atoms with Crippen LogP contribution in [0.1, 0.15) is 58.8 Å². The monoisotopic (exact) mass is 238 g/mol. The van der Waals surface area contributed by atoms with Gasteiger partial charge in [-0.25, -0.2) is 0 Å². The Bertz CT molecular complexity index is 217. The van der Waals surface area contributed by atoms with Crippen LogP contribution < -0.4 is 5.32 Å². The maximum Gasteiger partial charge on any atom is 0.0249 e. The zero-order valence-corrected chi connectivity index (χ0v) is 11.8. The normalized spacial score (nSPS) is 36.7. The summed E-state index contributed by atoms with van der Waals surface area (Å²) in [5.74, 6) is 0.911. The van der Waals surface area contributed by atoms with Crippen molar-refractivity contribution in [1.29, 1.82) is 0 Å². The molecule has 1 heterocycles. The molecule has 1 saturated heterocycles. The van der Waals surface area contributed by atoms with Crippen LogP contribution in [0.25, 0.3) is 0 Å². The van der Waals surface area contributed by atoms with E-state index in [0.29, 0.717) is 0 Å². The largest absolute Gasteiger partial charge is 0.313 e. The predicted octanol–water partition coefficient (Wildman–Crippen LogP) is 3.03. The van der Waals surface area contributed by atoms with E-state index in [4.69, 9.17) is 0 Å². The number of nitrogens with zero attached hydrogens (tertiary/aromatic N) is 1. The molecule has 100 valence electrons. The minimum absolute atomic E-state index is 0.757. The van der Waals surface area contributed by atoms with Crippen molar-refractivity contribution < 1.29 is 0 Å². The van der Waals surface area contributed by atoms with Gasteiger partial charge in [0, 0.05) is 18.6 Å². The van der Waals surface area contributed by atoms with E-state index in [2.05, 4.69) is 24.1 Å². The van der Waals surface area contributed by atoms with E-state index in [1.54, 1.807) is 0 Å². The zero-order valence-electron chi connectivity index (χ0n) is 11.8. The van der Waals surface area contributed by atoms with Crippen LogP contribution in [0.4, 0.5) is 0 Å². The first-order chi connectivity index (χ1) is 8.31. The lowest BCUT2D eigenvalue weighted by atomic mass is 9.94. The van der Waals surface area contributed by atoms with Gasteiger partial charge >= 0.3 is 0 Å². The summed E-state index contributed by atoms with van der Waals surface area (Å²) in [6.45, 7) is 8.49. The third-order valence-corrected chi connectivity index (χ3v) is 4.60. The molecule has 1 aliphatic carbocycles. The van der Waals surface area contributed by atoms with Gasteiger partial charge in [0.05, 0.1) is 0 Å². The van der Waals surface area contributed by atoms with Crippen molar-refractivity contribution in [2.45, 2.75) is 70.9 Å². The van der Waals surface area contributed by atoms with Gasteiger partial charge in [0.15, 0.2) is 0 Å². The van der Waals surface area contributed by atoms with Crippen LogP contribution in [0.2, 0.25) is 0 Å². The Morgan fingerprint density at radius 2 is 1.88 bits per heavy atom. The molecule has 0 aromatic carbocycles. The van der Waals surface area contributed by atoms with E-state index in [0.717, 1.165) is 24.5 Å². The molecule has 0 spiro atoms. The van der Waals surface area contributed by atoms with Gasteiger partial charge in [-0.05, 0) is 44.7 Å². The van der Waals surface area contributed by atoms with E-state index in [1.807, 2.05) is 0 Å². The van der Waals surface area contributed by atoms with Crippen molar-refractivity contribution in [1.82, 2.24) is 10.2 Å². The van der Waals surface area contributed by atoms with E-state index < -0.39 is 0 Å². The third kappa shape index (κ3) is 3.69. The van der Waals surface area contributed by atoms with E-state index >= 15 is 0 Å². The molecule has 0 aromatic rings. The van der Waals surface area contributed by atoms with Gasteiger partial charge in [0.1, 0.15) is 0 Å². The van der Waals surface area contributed by atoms with E-state index in [1.165, 1.54) is 58.0 Å². The lowest BCUT2D eigenvalue weighted by Gasteiger charge is -2.41. The van der Waals surface area contributed by atoms with Crippen molar-refractivity contribution in [3.8, 4) is 0 Å². The molecule has 2 aliphatic rings. The maximum atomic E-state index is 3.75. The van der Waals surface area contributed by atoms with Gasteiger partial charge < -0.3 is 5.32 Å². The standard InChI is InChI=1S/C15H30N2/c1-3-16-14-9-5-4-6-10-15(14)17-11-7-8-13(2)12-17/h13-16H,3-12H2,1-2H3. The minimum atomic E-state index is 0.757. The lowest BCUT2D eigenvalue weighted by molar-refractivity contribution is 0.0986. The van der Waals surface area contributed by atoms with Crippen LogP contribution >= 0.6 is 0 Å². The van der Waals surface area contributed by atoms with Crippen LogP contribution in [0, 0.1) is 5.92 Å². The topological polar surface area (TPSA) is 15.3 Å². The second kappa shape index (κ2) is 6.75. The average molecular weight is 238 g/mol. The number of rotatable bonds is 3. The van der Waals surface area contributed by atoms with Gasteiger partial charge in [0.25, 0.3) is 0 Å². The second-order valence-corrected chi connectivity index (χ2v) is 6.11. The maximum absolute atomic E-state index is 3.75. The minimum Gasteiger partial charge on any atom is -0.313 e. The number of likely N-dealkylation sites (tertiary alicyclic amines) is 1. The molecule has 0 amide bonds. The van der Waals surface area contributed by atoms with Crippen LogP contribution in [0.5, 0.6) is 0 Å². The van der Waals surface area contributed by atoms with Crippen molar-refractivity contribution in [2.24, 2.45) is 5.92 Å². The molecule has 17 heavy (non-hydrogen) atoms. The summed E-state index contributed by atoms with van der Waals surface area (Å²) in [6.07, 6.45) is 9.98. The third-order valence-electron chi connectivity index (χ3n) is 4.60. The molecule has 1 aliphatic heterocycles. The number of hydrogen-bond donors (Lipinski definition) is 1. The first-order valence-electron chi connectivity index (χ1n) is 7.78. The summed E-state index contributed by atoms with van der Waals surface area (Å²) in [7, 11) is 0. The lowest BCUT2D eigenvalue weighted by Crippen LogP contribution is -2.52. The molecule has 1 N–H and O–H groups in total. The van der Waals surface area contributed by atoms with Crippen LogP contribution in [0.15, 0.2) is 0 Å². The molecule has 2 rings (SSSR count). The molecule has 2 fully saturated rings. The van der Waals surface area contributed by atoms with Crippen molar-refractivity contribution in [2.75, 3.05) is 19.6 Å². The van der Waals surface area contributed by atoms with Crippen molar-refractivity contribution in [3.05, 3.63) is 0 Å². The summed E-state index contributed by atoms with van der Waals surface area (Å²) in [6, 6.07) is 1.58. The first-order valence-corrected chi connectivity index (χ1v) is 7.78. The van der Waals surface area contributed by atoms with Crippen LogP contribution in [-0.2, 0) is 0 Å². The number of nitrogens with one attached hydrogen (secondary N) is 1. The highest BCUT2D eigenvalue weighted by molar-refractivity contribution is 4.88. The molecule has 0 aromatic heterocycles. The highest BCUT2D eigenvalue weighted by Crippen LogP contribution is 2.26. The molecule has 3 unspecified atom stereocenters. The molecule has 3 atom stereocenters. The van der Waals surface area contributed by atoms with E-state index in [9.17, 15) is 0 Å². The Labute approximate surface area is 107 Å². The highest BCUT2D eigenvalue weighted by atomic mass is 15.2. The fourth-order valence-electron chi connectivity index (χ4n) is 3.75.